The van der Waals surface area contributed by atoms with Crippen LogP contribution < -0.4 is 0 Å². The highest BCUT2D eigenvalue weighted by Gasteiger charge is 2.22. The summed E-state index contributed by atoms with van der Waals surface area (Å²) in [4.78, 5) is 2.55. The Hall–Kier alpha value is -2.40. The van der Waals surface area contributed by atoms with Crippen molar-refractivity contribution in [3.63, 3.8) is 0 Å². The number of fused-ring (bicyclic) bond motifs is 1. The van der Waals surface area contributed by atoms with Crippen LogP contribution in [0.2, 0.25) is 0 Å². The summed E-state index contributed by atoms with van der Waals surface area (Å²) in [6.45, 7) is 10.5. The van der Waals surface area contributed by atoms with Crippen LogP contribution in [0.1, 0.15) is 41.6 Å². The quantitative estimate of drug-likeness (QED) is 0.722. The zero-order valence-electron chi connectivity index (χ0n) is 16.6. The summed E-state index contributed by atoms with van der Waals surface area (Å²) in [6.07, 6.45) is 3.24. The summed E-state index contributed by atoms with van der Waals surface area (Å²) in [5.41, 5.74) is 8.74. The summed E-state index contributed by atoms with van der Waals surface area (Å²) in [5.74, 6) is 0. The molecule has 0 radical (unpaired) electrons. The van der Waals surface area contributed by atoms with Gasteiger partial charge >= 0.3 is 0 Å². The zero-order chi connectivity index (χ0) is 18.8. The number of aromatic amines is 1. The Morgan fingerprint density at radius 1 is 1.11 bits per heavy atom. The van der Waals surface area contributed by atoms with Crippen molar-refractivity contribution in [3.05, 3.63) is 58.5 Å². The van der Waals surface area contributed by atoms with Crippen LogP contribution in [-0.4, -0.2) is 38.0 Å². The Kier molecular flexibility index (Phi) is 5.12. The van der Waals surface area contributed by atoms with E-state index < -0.39 is 0 Å². The second-order valence-corrected chi connectivity index (χ2v) is 7.61. The predicted octanol–water partition coefficient (Wildman–Crippen LogP) is 3.90. The maximum atomic E-state index is 4.63. The van der Waals surface area contributed by atoms with Crippen LogP contribution in [0.5, 0.6) is 0 Å². The van der Waals surface area contributed by atoms with Crippen LogP contribution >= 0.6 is 0 Å². The van der Waals surface area contributed by atoms with Crippen LogP contribution in [-0.2, 0) is 25.9 Å². The van der Waals surface area contributed by atoms with E-state index in [0.717, 1.165) is 56.8 Å². The number of nitrogens with one attached hydrogen (secondary N) is 1. The van der Waals surface area contributed by atoms with Crippen molar-refractivity contribution in [3.8, 4) is 11.3 Å². The highest BCUT2D eigenvalue weighted by Crippen LogP contribution is 2.28. The number of hydrogen-bond acceptors (Lipinski definition) is 3. The van der Waals surface area contributed by atoms with Gasteiger partial charge in [-0.2, -0.15) is 10.2 Å². The third-order valence-electron chi connectivity index (χ3n) is 5.60. The van der Waals surface area contributed by atoms with E-state index >= 15 is 0 Å². The van der Waals surface area contributed by atoms with Gasteiger partial charge in [-0.15, -0.1) is 0 Å². The molecule has 5 nitrogen and oxygen atoms in total. The van der Waals surface area contributed by atoms with E-state index in [-0.39, 0.29) is 0 Å². The van der Waals surface area contributed by atoms with Crippen LogP contribution in [0.3, 0.4) is 0 Å². The lowest BCUT2D eigenvalue weighted by atomic mass is 10.00. The third kappa shape index (κ3) is 3.83. The number of aryl methyl sites for hydroxylation is 4. The highest BCUT2D eigenvalue weighted by atomic mass is 15.3. The number of hydrogen-bond donors (Lipinski definition) is 1. The smallest absolute Gasteiger partial charge is 0.0968 e. The van der Waals surface area contributed by atoms with Crippen molar-refractivity contribution in [2.75, 3.05) is 13.1 Å². The minimum atomic E-state index is 0.980. The number of nitrogens with zero attached hydrogens (tertiary/aromatic N) is 4. The first-order valence-electron chi connectivity index (χ1n) is 10.0. The molecule has 3 heterocycles. The van der Waals surface area contributed by atoms with E-state index in [1.165, 1.54) is 28.1 Å². The summed E-state index contributed by atoms with van der Waals surface area (Å²) in [5, 5.41) is 12.5. The Labute approximate surface area is 161 Å². The molecule has 0 saturated carbocycles. The molecule has 2 aromatic heterocycles. The molecular weight excluding hydrogens is 334 g/mol. The van der Waals surface area contributed by atoms with Crippen molar-refractivity contribution in [1.29, 1.82) is 0 Å². The van der Waals surface area contributed by atoms with Crippen molar-refractivity contribution >= 4 is 0 Å². The topological polar surface area (TPSA) is 49.7 Å². The van der Waals surface area contributed by atoms with Gasteiger partial charge in [0.25, 0.3) is 0 Å². The van der Waals surface area contributed by atoms with Gasteiger partial charge in [-0.3, -0.25) is 14.7 Å². The SMILES string of the molecule is CCc1ccc(-c2n[nH]c3c2CN(CCCn2nc(C)cc2C)CC3)cc1. The van der Waals surface area contributed by atoms with Crippen LogP contribution in [0.4, 0.5) is 0 Å². The fourth-order valence-corrected chi connectivity index (χ4v) is 4.02. The van der Waals surface area contributed by atoms with Gasteiger partial charge in [0.15, 0.2) is 0 Å². The molecule has 0 saturated heterocycles. The van der Waals surface area contributed by atoms with E-state index in [2.05, 4.69) is 76.0 Å². The van der Waals surface area contributed by atoms with Gasteiger partial charge in [0.05, 0.1) is 11.4 Å². The van der Waals surface area contributed by atoms with Gasteiger partial charge < -0.3 is 0 Å². The van der Waals surface area contributed by atoms with Crippen molar-refractivity contribution in [2.45, 2.75) is 53.1 Å². The minimum Gasteiger partial charge on any atom is -0.298 e. The van der Waals surface area contributed by atoms with Gasteiger partial charge in [0.1, 0.15) is 0 Å². The molecule has 0 fully saturated rings. The summed E-state index contributed by atoms with van der Waals surface area (Å²) >= 11 is 0. The molecule has 1 aliphatic rings. The molecule has 0 bridgehead atoms. The lowest BCUT2D eigenvalue weighted by Crippen LogP contribution is -2.31. The molecule has 0 amide bonds. The van der Waals surface area contributed by atoms with Crippen molar-refractivity contribution in [1.82, 2.24) is 24.9 Å². The molecule has 1 aromatic carbocycles. The normalized spacial score (nSPS) is 14.5. The summed E-state index contributed by atoms with van der Waals surface area (Å²) in [6, 6.07) is 11.0. The fraction of sp³-hybridized carbons (Fsp3) is 0.455. The van der Waals surface area contributed by atoms with E-state index in [9.17, 15) is 0 Å². The van der Waals surface area contributed by atoms with Crippen molar-refractivity contribution < 1.29 is 0 Å². The van der Waals surface area contributed by atoms with Gasteiger partial charge in [0, 0.05) is 55.1 Å². The molecule has 27 heavy (non-hydrogen) atoms. The fourth-order valence-electron chi connectivity index (χ4n) is 4.02. The molecule has 142 valence electrons. The van der Waals surface area contributed by atoms with Gasteiger partial charge in [-0.1, -0.05) is 31.2 Å². The molecule has 3 aromatic rings. The number of aromatic nitrogens is 4. The molecule has 0 spiro atoms. The van der Waals surface area contributed by atoms with Crippen molar-refractivity contribution in [2.24, 2.45) is 0 Å². The Balaban J connectivity index is 1.41. The summed E-state index contributed by atoms with van der Waals surface area (Å²) < 4.78 is 2.13. The molecular formula is C22H29N5. The lowest BCUT2D eigenvalue weighted by Gasteiger charge is -2.27. The predicted molar refractivity (Wildman–Crippen MR) is 109 cm³/mol. The molecule has 1 aliphatic heterocycles. The first kappa shape index (κ1) is 18.0. The van der Waals surface area contributed by atoms with Gasteiger partial charge in [-0.05, 0) is 38.3 Å². The average Bonchev–Trinajstić information content (AvgIpc) is 3.24. The maximum Gasteiger partial charge on any atom is 0.0968 e. The highest BCUT2D eigenvalue weighted by molar-refractivity contribution is 5.64. The van der Waals surface area contributed by atoms with Gasteiger partial charge in [-0.25, -0.2) is 0 Å². The minimum absolute atomic E-state index is 0.980. The maximum absolute atomic E-state index is 4.63. The van der Waals surface area contributed by atoms with E-state index in [1.54, 1.807) is 0 Å². The van der Waals surface area contributed by atoms with Crippen LogP contribution in [0, 0.1) is 13.8 Å². The second kappa shape index (κ2) is 7.69. The first-order chi connectivity index (χ1) is 13.1. The molecule has 4 rings (SSSR count). The van der Waals surface area contributed by atoms with E-state index in [1.807, 2.05) is 0 Å². The average molecular weight is 364 g/mol. The Morgan fingerprint density at radius 2 is 1.93 bits per heavy atom. The van der Waals surface area contributed by atoms with E-state index in [4.69, 9.17) is 0 Å². The largest absolute Gasteiger partial charge is 0.298 e. The van der Waals surface area contributed by atoms with Gasteiger partial charge in [0.2, 0.25) is 0 Å². The standard InChI is InChI=1S/C22H29N5/c1-4-18-6-8-19(9-7-18)22-20-15-26(13-10-21(20)23-24-22)11-5-12-27-17(3)14-16(2)25-27/h6-9,14H,4-5,10-13,15H2,1-3H3,(H,23,24). The van der Waals surface area contributed by atoms with Crippen LogP contribution in [0.25, 0.3) is 11.3 Å². The molecule has 5 heteroatoms. The Bertz CT molecular complexity index is 903. The molecule has 1 N–H and O–H groups in total. The lowest BCUT2D eigenvalue weighted by molar-refractivity contribution is 0.244. The number of benzene rings is 1. The number of rotatable bonds is 6. The summed E-state index contributed by atoms with van der Waals surface area (Å²) in [7, 11) is 0. The van der Waals surface area contributed by atoms with Crippen LogP contribution in [0.15, 0.2) is 30.3 Å². The second-order valence-electron chi connectivity index (χ2n) is 7.61. The number of H-pyrrole nitrogens is 1. The molecule has 0 unspecified atom stereocenters. The first-order valence-corrected chi connectivity index (χ1v) is 10.0. The zero-order valence-corrected chi connectivity index (χ0v) is 16.6. The molecule has 0 aliphatic carbocycles. The Morgan fingerprint density at radius 3 is 2.63 bits per heavy atom. The monoisotopic (exact) mass is 363 g/mol. The molecule has 0 atom stereocenters. The third-order valence-corrected chi connectivity index (χ3v) is 5.60. The van der Waals surface area contributed by atoms with E-state index in [0.29, 0.717) is 0 Å².